The van der Waals surface area contributed by atoms with E-state index >= 15 is 0 Å². The van der Waals surface area contributed by atoms with Gasteiger partial charge in [0.2, 0.25) is 5.91 Å². The van der Waals surface area contributed by atoms with Gasteiger partial charge in [-0.25, -0.2) is 4.39 Å². The van der Waals surface area contributed by atoms with Gasteiger partial charge in [0.1, 0.15) is 5.82 Å². The SMILES string of the molecule is CC(C(=O)NCCc1ccc(F)cc1)C(N)=NO. The highest BCUT2D eigenvalue weighted by molar-refractivity contribution is 6.01. The molecule has 0 aliphatic heterocycles. The van der Waals surface area contributed by atoms with Gasteiger partial charge in [0, 0.05) is 6.54 Å². The van der Waals surface area contributed by atoms with Gasteiger partial charge in [-0.3, -0.25) is 4.79 Å². The van der Waals surface area contributed by atoms with Crippen LogP contribution in [0, 0.1) is 11.7 Å². The highest BCUT2D eigenvalue weighted by atomic mass is 19.1. The number of benzene rings is 1. The van der Waals surface area contributed by atoms with Gasteiger partial charge in [0.25, 0.3) is 0 Å². The Morgan fingerprint density at radius 1 is 1.50 bits per heavy atom. The average molecular weight is 253 g/mol. The molecule has 0 aromatic heterocycles. The predicted molar refractivity (Wildman–Crippen MR) is 65.7 cm³/mol. The molecule has 0 fully saturated rings. The number of carbonyl (C=O) groups excluding carboxylic acids is 1. The van der Waals surface area contributed by atoms with Gasteiger partial charge < -0.3 is 16.3 Å². The monoisotopic (exact) mass is 253 g/mol. The number of carbonyl (C=O) groups is 1. The second kappa shape index (κ2) is 6.58. The number of halogens is 1. The zero-order chi connectivity index (χ0) is 13.5. The van der Waals surface area contributed by atoms with Crippen LogP contribution in [-0.4, -0.2) is 23.5 Å². The number of oxime groups is 1. The maximum Gasteiger partial charge on any atom is 0.230 e. The van der Waals surface area contributed by atoms with E-state index < -0.39 is 5.92 Å². The van der Waals surface area contributed by atoms with Crippen LogP contribution in [0.15, 0.2) is 29.4 Å². The molecule has 1 amide bonds. The van der Waals surface area contributed by atoms with Gasteiger partial charge >= 0.3 is 0 Å². The number of nitrogens with one attached hydrogen (secondary N) is 1. The normalized spacial score (nSPS) is 13.1. The van der Waals surface area contributed by atoms with Crippen molar-refractivity contribution in [2.24, 2.45) is 16.8 Å². The van der Waals surface area contributed by atoms with Crippen molar-refractivity contribution in [3.8, 4) is 0 Å². The van der Waals surface area contributed by atoms with Crippen LogP contribution >= 0.6 is 0 Å². The fraction of sp³-hybridized carbons (Fsp3) is 0.333. The standard InChI is InChI=1S/C12H16FN3O2/c1-8(11(14)16-18)12(17)15-7-6-9-2-4-10(13)5-3-9/h2-5,8,18H,6-7H2,1H3,(H2,14,16)(H,15,17). The third-order valence-electron chi connectivity index (χ3n) is 2.58. The van der Waals surface area contributed by atoms with Crippen LogP contribution in [0.4, 0.5) is 4.39 Å². The first-order valence-corrected chi connectivity index (χ1v) is 5.54. The zero-order valence-corrected chi connectivity index (χ0v) is 10.1. The third kappa shape index (κ3) is 4.04. The van der Waals surface area contributed by atoms with Crippen LogP contribution < -0.4 is 11.1 Å². The van der Waals surface area contributed by atoms with Crippen molar-refractivity contribution in [3.63, 3.8) is 0 Å². The van der Waals surface area contributed by atoms with Gasteiger partial charge in [-0.2, -0.15) is 0 Å². The molecule has 0 aliphatic carbocycles. The highest BCUT2D eigenvalue weighted by Gasteiger charge is 2.16. The molecule has 0 spiro atoms. The first kappa shape index (κ1) is 14.0. The van der Waals surface area contributed by atoms with E-state index in [0.717, 1.165) is 5.56 Å². The Morgan fingerprint density at radius 3 is 2.67 bits per heavy atom. The van der Waals surface area contributed by atoms with Crippen molar-refractivity contribution in [2.45, 2.75) is 13.3 Å². The largest absolute Gasteiger partial charge is 0.409 e. The van der Waals surface area contributed by atoms with Gasteiger partial charge in [0.15, 0.2) is 5.84 Å². The van der Waals surface area contributed by atoms with Crippen LogP contribution in [0.25, 0.3) is 0 Å². The molecule has 0 saturated heterocycles. The number of amidine groups is 1. The summed E-state index contributed by atoms with van der Waals surface area (Å²) in [7, 11) is 0. The lowest BCUT2D eigenvalue weighted by Crippen LogP contribution is -2.38. The summed E-state index contributed by atoms with van der Waals surface area (Å²) >= 11 is 0. The molecule has 0 heterocycles. The molecule has 18 heavy (non-hydrogen) atoms. The van der Waals surface area contributed by atoms with Crippen molar-refractivity contribution >= 4 is 11.7 Å². The lowest BCUT2D eigenvalue weighted by molar-refractivity contribution is -0.122. The molecule has 1 atom stereocenters. The van der Waals surface area contributed by atoms with E-state index in [1.807, 2.05) is 0 Å². The van der Waals surface area contributed by atoms with E-state index in [1.165, 1.54) is 12.1 Å². The van der Waals surface area contributed by atoms with Gasteiger partial charge in [-0.05, 0) is 31.0 Å². The first-order valence-electron chi connectivity index (χ1n) is 5.54. The maximum absolute atomic E-state index is 12.7. The topological polar surface area (TPSA) is 87.7 Å². The molecule has 0 aliphatic rings. The van der Waals surface area contributed by atoms with Gasteiger partial charge in [-0.1, -0.05) is 17.3 Å². The predicted octanol–water partition coefficient (Wildman–Crippen LogP) is 0.867. The lowest BCUT2D eigenvalue weighted by atomic mass is 10.1. The molecule has 0 radical (unpaired) electrons. The first-order chi connectivity index (χ1) is 8.54. The molecule has 1 unspecified atom stereocenters. The van der Waals surface area contributed by atoms with E-state index in [4.69, 9.17) is 10.9 Å². The minimum atomic E-state index is -0.678. The lowest BCUT2D eigenvalue weighted by Gasteiger charge is -2.10. The summed E-state index contributed by atoms with van der Waals surface area (Å²) in [6, 6.07) is 6.06. The summed E-state index contributed by atoms with van der Waals surface area (Å²) in [5, 5.41) is 13.9. The van der Waals surface area contributed by atoms with Crippen LogP contribution in [0.1, 0.15) is 12.5 Å². The third-order valence-corrected chi connectivity index (χ3v) is 2.58. The van der Waals surface area contributed by atoms with Crippen LogP contribution in [0.2, 0.25) is 0 Å². The Bertz CT molecular complexity index is 431. The second-order valence-electron chi connectivity index (χ2n) is 3.91. The molecule has 98 valence electrons. The number of hydrogen-bond acceptors (Lipinski definition) is 3. The van der Waals surface area contributed by atoms with E-state index in [0.29, 0.717) is 13.0 Å². The van der Waals surface area contributed by atoms with E-state index in [2.05, 4.69) is 10.5 Å². The van der Waals surface area contributed by atoms with Crippen molar-refractivity contribution in [2.75, 3.05) is 6.54 Å². The van der Waals surface area contributed by atoms with E-state index in [1.54, 1.807) is 19.1 Å². The molecule has 1 rings (SSSR count). The Balaban J connectivity index is 2.38. The molecule has 1 aromatic rings. The molecule has 1 aromatic carbocycles. The number of hydrogen-bond donors (Lipinski definition) is 3. The zero-order valence-electron chi connectivity index (χ0n) is 10.1. The van der Waals surface area contributed by atoms with Crippen molar-refractivity contribution in [1.29, 1.82) is 0 Å². The Morgan fingerprint density at radius 2 is 2.11 bits per heavy atom. The molecule has 0 bridgehead atoms. The summed E-state index contributed by atoms with van der Waals surface area (Å²) in [6.07, 6.45) is 0.592. The van der Waals surface area contributed by atoms with Crippen molar-refractivity contribution < 1.29 is 14.4 Å². The van der Waals surface area contributed by atoms with Crippen molar-refractivity contribution in [1.82, 2.24) is 5.32 Å². The molecule has 5 nitrogen and oxygen atoms in total. The molecule has 0 saturated carbocycles. The fourth-order valence-corrected chi connectivity index (χ4v) is 1.36. The smallest absolute Gasteiger partial charge is 0.230 e. The van der Waals surface area contributed by atoms with Gasteiger partial charge in [0.05, 0.1) is 5.92 Å². The van der Waals surface area contributed by atoms with Crippen molar-refractivity contribution in [3.05, 3.63) is 35.6 Å². The number of nitrogens with zero attached hydrogens (tertiary/aromatic N) is 1. The average Bonchev–Trinajstić information content (AvgIpc) is 2.39. The highest BCUT2D eigenvalue weighted by Crippen LogP contribution is 2.03. The quantitative estimate of drug-likeness (QED) is 0.315. The van der Waals surface area contributed by atoms with Crippen LogP contribution in [0.3, 0.4) is 0 Å². The fourth-order valence-electron chi connectivity index (χ4n) is 1.36. The molecular formula is C12H16FN3O2. The summed E-state index contributed by atoms with van der Waals surface area (Å²) in [4.78, 5) is 11.5. The Labute approximate surface area is 104 Å². The number of amides is 1. The van der Waals surface area contributed by atoms with Crippen LogP contribution in [-0.2, 0) is 11.2 Å². The van der Waals surface area contributed by atoms with E-state index in [-0.39, 0.29) is 17.6 Å². The maximum atomic E-state index is 12.7. The van der Waals surface area contributed by atoms with E-state index in [9.17, 15) is 9.18 Å². The molecule has 6 heteroatoms. The minimum Gasteiger partial charge on any atom is -0.409 e. The molecular weight excluding hydrogens is 237 g/mol. The number of nitrogens with two attached hydrogens (primary N) is 1. The summed E-state index contributed by atoms with van der Waals surface area (Å²) in [5.74, 6) is -1.41. The number of rotatable bonds is 5. The second-order valence-corrected chi connectivity index (χ2v) is 3.91. The van der Waals surface area contributed by atoms with Crippen LogP contribution in [0.5, 0.6) is 0 Å². The Hall–Kier alpha value is -2.11. The van der Waals surface area contributed by atoms with Gasteiger partial charge in [-0.15, -0.1) is 0 Å². The summed E-state index contributed by atoms with van der Waals surface area (Å²) in [6.45, 7) is 1.95. The summed E-state index contributed by atoms with van der Waals surface area (Å²) < 4.78 is 12.7. The molecule has 4 N–H and O–H groups in total. The Kier molecular flexibility index (Phi) is 5.10. The minimum absolute atomic E-state index is 0.130. The summed E-state index contributed by atoms with van der Waals surface area (Å²) in [5.41, 5.74) is 6.24.